The molecular weight excluding hydrogens is 298 g/mol. The lowest BCUT2D eigenvalue weighted by atomic mass is 10.2. The summed E-state index contributed by atoms with van der Waals surface area (Å²) in [5.74, 6) is 1.04. The van der Waals surface area contributed by atoms with Crippen LogP contribution in [0, 0.1) is 0 Å². The summed E-state index contributed by atoms with van der Waals surface area (Å²) in [5, 5.41) is 7.00. The molecule has 0 aromatic heterocycles. The Balaban J connectivity index is 1.86. The minimum atomic E-state index is -2.88. The van der Waals surface area contributed by atoms with E-state index in [9.17, 15) is 8.42 Å². The monoisotopic (exact) mass is 315 g/mol. The van der Waals surface area contributed by atoms with Gasteiger partial charge in [0.15, 0.2) is 15.8 Å². The number of hydrogen-bond donors (Lipinski definition) is 2. The normalized spacial score (nSPS) is 21.7. The number of guanidine groups is 1. The van der Waals surface area contributed by atoms with Gasteiger partial charge in [0.1, 0.15) is 0 Å². The molecule has 1 atom stereocenters. The van der Waals surface area contributed by atoms with Gasteiger partial charge in [0, 0.05) is 24.7 Å². The van der Waals surface area contributed by atoms with E-state index in [0.717, 1.165) is 5.56 Å². The van der Waals surface area contributed by atoms with Crippen LogP contribution in [0.2, 0.25) is 5.02 Å². The van der Waals surface area contributed by atoms with Gasteiger partial charge in [-0.2, -0.15) is 0 Å². The Hall–Kier alpha value is -1.27. The molecule has 5 nitrogen and oxygen atoms in total. The van der Waals surface area contributed by atoms with Crippen LogP contribution >= 0.6 is 11.6 Å². The Morgan fingerprint density at radius 2 is 2.10 bits per heavy atom. The molecular formula is C13H18ClN3O2S. The molecule has 0 saturated carbocycles. The van der Waals surface area contributed by atoms with Crippen LogP contribution in [0.5, 0.6) is 0 Å². The maximum absolute atomic E-state index is 11.4. The first-order valence-electron chi connectivity index (χ1n) is 6.40. The van der Waals surface area contributed by atoms with E-state index in [1.54, 1.807) is 7.05 Å². The van der Waals surface area contributed by atoms with Crippen molar-refractivity contribution in [3.8, 4) is 0 Å². The maximum atomic E-state index is 11.4. The fourth-order valence-electron chi connectivity index (χ4n) is 2.08. The molecule has 20 heavy (non-hydrogen) atoms. The molecule has 0 radical (unpaired) electrons. The maximum Gasteiger partial charge on any atom is 0.191 e. The van der Waals surface area contributed by atoms with Crippen molar-refractivity contribution in [1.29, 1.82) is 0 Å². The van der Waals surface area contributed by atoms with E-state index in [4.69, 9.17) is 11.6 Å². The number of benzene rings is 1. The summed E-state index contributed by atoms with van der Waals surface area (Å²) in [6.07, 6.45) is 0.629. The smallest absolute Gasteiger partial charge is 0.191 e. The summed E-state index contributed by atoms with van der Waals surface area (Å²) in [6, 6.07) is 7.47. The summed E-state index contributed by atoms with van der Waals surface area (Å²) < 4.78 is 22.8. The Morgan fingerprint density at radius 3 is 2.65 bits per heavy atom. The van der Waals surface area contributed by atoms with Crippen molar-refractivity contribution >= 4 is 27.4 Å². The van der Waals surface area contributed by atoms with E-state index >= 15 is 0 Å². The molecule has 1 aromatic carbocycles. The largest absolute Gasteiger partial charge is 0.353 e. The van der Waals surface area contributed by atoms with Gasteiger partial charge in [0.2, 0.25) is 0 Å². The molecule has 7 heteroatoms. The number of hydrogen-bond acceptors (Lipinski definition) is 3. The van der Waals surface area contributed by atoms with Crippen LogP contribution in [-0.4, -0.2) is 39.0 Å². The van der Waals surface area contributed by atoms with Crippen LogP contribution in [0.3, 0.4) is 0 Å². The lowest BCUT2D eigenvalue weighted by molar-refractivity contribution is 0.599. The quantitative estimate of drug-likeness (QED) is 0.649. The molecule has 0 spiro atoms. The second-order valence-electron chi connectivity index (χ2n) is 4.80. The highest BCUT2D eigenvalue weighted by Gasteiger charge is 2.28. The van der Waals surface area contributed by atoms with Crippen molar-refractivity contribution in [2.75, 3.05) is 18.6 Å². The van der Waals surface area contributed by atoms with Crippen molar-refractivity contribution in [1.82, 2.24) is 10.6 Å². The molecule has 1 aliphatic rings. The fraction of sp³-hybridized carbons (Fsp3) is 0.462. The Kier molecular flexibility index (Phi) is 4.88. The minimum Gasteiger partial charge on any atom is -0.353 e. The summed E-state index contributed by atoms with van der Waals surface area (Å²) in [5.41, 5.74) is 1.08. The molecule has 1 fully saturated rings. The van der Waals surface area contributed by atoms with Gasteiger partial charge in [0.25, 0.3) is 0 Å². The lowest BCUT2D eigenvalue weighted by Crippen LogP contribution is -2.43. The predicted molar refractivity (Wildman–Crippen MR) is 81.8 cm³/mol. The summed E-state index contributed by atoms with van der Waals surface area (Å²) in [7, 11) is -1.21. The van der Waals surface area contributed by atoms with Crippen LogP contribution in [0.25, 0.3) is 0 Å². The number of rotatable bonds is 3. The van der Waals surface area contributed by atoms with Crippen LogP contribution in [0.4, 0.5) is 0 Å². The first kappa shape index (κ1) is 15.1. The number of nitrogens with zero attached hydrogens (tertiary/aromatic N) is 1. The van der Waals surface area contributed by atoms with E-state index in [1.165, 1.54) is 0 Å². The van der Waals surface area contributed by atoms with Gasteiger partial charge < -0.3 is 10.6 Å². The van der Waals surface area contributed by atoms with Gasteiger partial charge in [-0.25, -0.2) is 8.42 Å². The number of halogens is 1. The zero-order valence-electron chi connectivity index (χ0n) is 11.3. The molecule has 0 amide bonds. The molecule has 0 bridgehead atoms. The first-order chi connectivity index (χ1) is 9.48. The Bertz CT molecular complexity index is 584. The molecule has 1 heterocycles. The van der Waals surface area contributed by atoms with Crippen LogP contribution in [-0.2, 0) is 16.4 Å². The standard InChI is InChI=1S/C13H18ClN3O2S/c1-15-13(17-12-6-7-20(18,19)9-12)16-8-10-2-4-11(14)5-3-10/h2-5,12H,6-9H2,1H3,(H2,15,16,17). The Labute approximate surface area is 124 Å². The zero-order chi connectivity index (χ0) is 14.6. The SMILES string of the molecule is CN=C(NCc1ccc(Cl)cc1)NC1CCS(=O)(=O)C1. The van der Waals surface area contributed by atoms with Gasteiger partial charge in [-0.15, -0.1) is 0 Å². The van der Waals surface area contributed by atoms with Crippen LogP contribution in [0.1, 0.15) is 12.0 Å². The highest BCUT2D eigenvalue weighted by molar-refractivity contribution is 7.91. The van der Waals surface area contributed by atoms with E-state index in [-0.39, 0.29) is 17.5 Å². The highest BCUT2D eigenvalue weighted by Crippen LogP contribution is 2.11. The second-order valence-corrected chi connectivity index (χ2v) is 7.46. The highest BCUT2D eigenvalue weighted by atomic mass is 35.5. The van der Waals surface area contributed by atoms with Crippen molar-refractivity contribution < 1.29 is 8.42 Å². The number of sulfone groups is 1. The van der Waals surface area contributed by atoms with E-state index in [1.807, 2.05) is 24.3 Å². The molecule has 1 aromatic rings. The average molecular weight is 316 g/mol. The average Bonchev–Trinajstić information content (AvgIpc) is 2.75. The van der Waals surface area contributed by atoms with Gasteiger partial charge in [-0.1, -0.05) is 23.7 Å². The number of aliphatic imine (C=N–C) groups is 1. The number of nitrogens with one attached hydrogen (secondary N) is 2. The van der Waals surface area contributed by atoms with Crippen molar-refractivity contribution in [3.05, 3.63) is 34.9 Å². The van der Waals surface area contributed by atoms with Crippen molar-refractivity contribution in [3.63, 3.8) is 0 Å². The predicted octanol–water partition coefficient (Wildman–Crippen LogP) is 1.19. The third kappa shape index (κ3) is 4.38. The second kappa shape index (κ2) is 6.45. The van der Waals surface area contributed by atoms with Gasteiger partial charge in [0.05, 0.1) is 11.5 Å². The van der Waals surface area contributed by atoms with Crippen molar-refractivity contribution in [2.24, 2.45) is 4.99 Å². The molecule has 1 saturated heterocycles. The van der Waals surface area contributed by atoms with E-state index < -0.39 is 9.84 Å². The topological polar surface area (TPSA) is 70.6 Å². The molecule has 2 N–H and O–H groups in total. The summed E-state index contributed by atoms with van der Waals surface area (Å²) >= 11 is 5.83. The molecule has 110 valence electrons. The molecule has 2 rings (SSSR count). The Morgan fingerprint density at radius 1 is 1.40 bits per heavy atom. The lowest BCUT2D eigenvalue weighted by Gasteiger charge is -2.16. The van der Waals surface area contributed by atoms with Crippen molar-refractivity contribution in [2.45, 2.75) is 19.0 Å². The van der Waals surface area contributed by atoms with Gasteiger partial charge >= 0.3 is 0 Å². The van der Waals surface area contributed by atoms with E-state index in [0.29, 0.717) is 23.9 Å². The summed E-state index contributed by atoms with van der Waals surface area (Å²) in [4.78, 5) is 4.11. The molecule has 1 unspecified atom stereocenters. The molecule has 1 aliphatic heterocycles. The summed E-state index contributed by atoms with van der Waals surface area (Å²) in [6.45, 7) is 0.607. The van der Waals surface area contributed by atoms with Crippen LogP contribution < -0.4 is 10.6 Å². The first-order valence-corrected chi connectivity index (χ1v) is 8.60. The third-order valence-electron chi connectivity index (χ3n) is 3.17. The van der Waals surface area contributed by atoms with E-state index in [2.05, 4.69) is 15.6 Å². The zero-order valence-corrected chi connectivity index (χ0v) is 12.8. The third-order valence-corrected chi connectivity index (χ3v) is 5.19. The van der Waals surface area contributed by atoms with Gasteiger partial charge in [-0.05, 0) is 24.1 Å². The fourth-order valence-corrected chi connectivity index (χ4v) is 3.88. The van der Waals surface area contributed by atoms with Crippen LogP contribution in [0.15, 0.2) is 29.3 Å². The van der Waals surface area contributed by atoms with Gasteiger partial charge in [-0.3, -0.25) is 4.99 Å². The minimum absolute atomic E-state index is 0.0589. The molecule has 0 aliphatic carbocycles.